The first-order chi connectivity index (χ1) is 11.1. The van der Waals surface area contributed by atoms with Crippen molar-refractivity contribution in [1.82, 2.24) is 14.8 Å². The van der Waals surface area contributed by atoms with Crippen molar-refractivity contribution in [2.75, 3.05) is 0 Å². The molecule has 0 aliphatic heterocycles. The lowest BCUT2D eigenvalue weighted by Crippen LogP contribution is -2.09. The van der Waals surface area contributed by atoms with E-state index in [2.05, 4.69) is 16.2 Å². The summed E-state index contributed by atoms with van der Waals surface area (Å²) in [6.07, 6.45) is 4.48. The molecule has 0 bridgehead atoms. The number of nitriles is 1. The Morgan fingerprint density at radius 1 is 1.30 bits per heavy atom. The van der Waals surface area contributed by atoms with Crippen molar-refractivity contribution in [1.29, 1.82) is 5.26 Å². The summed E-state index contributed by atoms with van der Waals surface area (Å²) in [6, 6.07) is 11.7. The Morgan fingerprint density at radius 2 is 2.13 bits per heavy atom. The van der Waals surface area contributed by atoms with E-state index in [9.17, 15) is 10.1 Å². The van der Waals surface area contributed by atoms with Gasteiger partial charge in [-0.05, 0) is 12.5 Å². The summed E-state index contributed by atoms with van der Waals surface area (Å²) in [4.78, 5) is 15.5. The predicted octanol–water partition coefficient (Wildman–Crippen LogP) is 2.21. The van der Waals surface area contributed by atoms with Crippen LogP contribution >= 0.6 is 0 Å². The molecule has 2 heterocycles. The summed E-state index contributed by atoms with van der Waals surface area (Å²) in [5, 5.41) is 13.5. The number of primary amides is 1. The molecule has 6 nitrogen and oxygen atoms in total. The summed E-state index contributed by atoms with van der Waals surface area (Å²) in [6.45, 7) is 1.99. The third kappa shape index (κ3) is 2.80. The first-order valence-corrected chi connectivity index (χ1v) is 6.90. The molecule has 3 rings (SSSR count). The Kier molecular flexibility index (Phi) is 3.61. The van der Waals surface area contributed by atoms with Gasteiger partial charge in [-0.25, -0.2) is 9.67 Å². The monoisotopic (exact) mass is 303 g/mol. The average molecular weight is 303 g/mol. The van der Waals surface area contributed by atoms with Gasteiger partial charge in [0.25, 0.3) is 5.91 Å². The van der Waals surface area contributed by atoms with Crippen LogP contribution in [-0.4, -0.2) is 20.7 Å². The molecular formula is C17H13N5O. The zero-order valence-electron chi connectivity index (χ0n) is 12.4. The fraction of sp³-hybridized carbons (Fsp3) is 0.0588. The van der Waals surface area contributed by atoms with Crippen LogP contribution in [0.5, 0.6) is 0 Å². The minimum absolute atomic E-state index is 0.285. The van der Waals surface area contributed by atoms with Gasteiger partial charge in [-0.3, -0.25) is 4.79 Å². The minimum Gasteiger partial charge on any atom is -0.366 e. The van der Waals surface area contributed by atoms with E-state index in [1.165, 1.54) is 17.1 Å². The van der Waals surface area contributed by atoms with Crippen LogP contribution in [0.1, 0.15) is 21.5 Å². The number of pyridine rings is 1. The molecule has 112 valence electrons. The van der Waals surface area contributed by atoms with Crippen LogP contribution in [0.3, 0.4) is 0 Å². The highest BCUT2D eigenvalue weighted by Gasteiger charge is 2.11. The molecule has 0 radical (unpaired) electrons. The summed E-state index contributed by atoms with van der Waals surface area (Å²) in [7, 11) is 0. The summed E-state index contributed by atoms with van der Waals surface area (Å²) < 4.78 is 1.42. The second kappa shape index (κ2) is 5.73. The molecule has 0 aliphatic carbocycles. The number of nitrogens with zero attached hydrogens (tertiary/aromatic N) is 4. The molecule has 0 saturated heterocycles. The molecule has 0 saturated carbocycles. The normalized spacial score (nSPS) is 10.3. The molecule has 0 fully saturated rings. The zero-order valence-corrected chi connectivity index (χ0v) is 12.4. The maximum absolute atomic E-state index is 11.1. The van der Waals surface area contributed by atoms with Gasteiger partial charge in [0.2, 0.25) is 0 Å². The van der Waals surface area contributed by atoms with Crippen LogP contribution < -0.4 is 5.73 Å². The SMILES string of the molecule is Cc1cccc(-c2cnc(-n3cc(C(N)=O)cn3)cc2C#N)c1. The lowest BCUT2D eigenvalue weighted by Gasteiger charge is -2.07. The highest BCUT2D eigenvalue weighted by atomic mass is 16.1. The van der Waals surface area contributed by atoms with Crippen LogP contribution in [0.15, 0.2) is 48.9 Å². The Morgan fingerprint density at radius 3 is 2.78 bits per heavy atom. The van der Waals surface area contributed by atoms with Gasteiger partial charge >= 0.3 is 0 Å². The first-order valence-electron chi connectivity index (χ1n) is 6.90. The standard InChI is InChI=1S/C17H13N5O/c1-11-3-2-4-12(5-11)15-9-20-16(6-13(15)7-18)22-10-14(8-21-22)17(19)23/h2-6,8-10H,1H3,(H2,19,23). The van der Waals surface area contributed by atoms with Crippen molar-refractivity contribution in [3.05, 3.63) is 65.6 Å². The van der Waals surface area contributed by atoms with Crippen LogP contribution in [0, 0.1) is 18.3 Å². The second-order valence-electron chi connectivity index (χ2n) is 5.11. The number of aromatic nitrogens is 3. The number of hydrogen-bond donors (Lipinski definition) is 1. The quantitative estimate of drug-likeness (QED) is 0.802. The van der Waals surface area contributed by atoms with Crippen molar-refractivity contribution < 1.29 is 4.79 Å². The van der Waals surface area contributed by atoms with Crippen molar-refractivity contribution in [2.45, 2.75) is 6.92 Å². The first kappa shape index (κ1) is 14.5. The summed E-state index contributed by atoms with van der Waals surface area (Å²) >= 11 is 0. The molecule has 23 heavy (non-hydrogen) atoms. The number of rotatable bonds is 3. The predicted molar refractivity (Wildman–Crippen MR) is 84.8 cm³/mol. The molecule has 3 aromatic rings. The van der Waals surface area contributed by atoms with E-state index in [1.54, 1.807) is 12.3 Å². The molecule has 0 aliphatic rings. The highest BCUT2D eigenvalue weighted by molar-refractivity contribution is 5.92. The van der Waals surface area contributed by atoms with Gasteiger partial charge in [0.15, 0.2) is 5.82 Å². The van der Waals surface area contributed by atoms with Crippen LogP contribution in [0.25, 0.3) is 16.9 Å². The number of nitrogens with two attached hydrogens (primary N) is 1. The van der Waals surface area contributed by atoms with E-state index in [0.717, 1.165) is 16.7 Å². The van der Waals surface area contributed by atoms with E-state index in [0.29, 0.717) is 11.4 Å². The van der Waals surface area contributed by atoms with Crippen LogP contribution in [-0.2, 0) is 0 Å². The average Bonchev–Trinajstić information content (AvgIpc) is 3.04. The van der Waals surface area contributed by atoms with E-state index < -0.39 is 5.91 Å². The number of amides is 1. The summed E-state index contributed by atoms with van der Waals surface area (Å²) in [5.41, 5.74) is 8.77. The molecule has 0 unspecified atom stereocenters. The van der Waals surface area contributed by atoms with E-state index in [4.69, 9.17) is 5.73 Å². The van der Waals surface area contributed by atoms with Gasteiger partial charge in [-0.1, -0.05) is 29.8 Å². The molecule has 0 atom stereocenters. The number of hydrogen-bond acceptors (Lipinski definition) is 4. The van der Waals surface area contributed by atoms with Crippen molar-refractivity contribution in [3.8, 4) is 23.0 Å². The number of carbonyl (C=O) groups excluding carboxylic acids is 1. The maximum Gasteiger partial charge on any atom is 0.251 e. The fourth-order valence-electron chi connectivity index (χ4n) is 2.28. The minimum atomic E-state index is -0.562. The van der Waals surface area contributed by atoms with Gasteiger partial charge in [0.05, 0.1) is 23.4 Å². The van der Waals surface area contributed by atoms with E-state index in [-0.39, 0.29) is 5.56 Å². The van der Waals surface area contributed by atoms with Crippen LogP contribution in [0.2, 0.25) is 0 Å². The maximum atomic E-state index is 11.1. The Labute approximate surface area is 132 Å². The Balaban J connectivity index is 2.06. The number of carbonyl (C=O) groups is 1. The van der Waals surface area contributed by atoms with Crippen molar-refractivity contribution in [2.24, 2.45) is 5.73 Å². The Bertz CT molecular complexity index is 936. The molecule has 1 amide bonds. The van der Waals surface area contributed by atoms with E-state index in [1.807, 2.05) is 31.2 Å². The molecule has 6 heteroatoms. The highest BCUT2D eigenvalue weighted by Crippen LogP contribution is 2.24. The molecule has 1 aromatic carbocycles. The van der Waals surface area contributed by atoms with Crippen molar-refractivity contribution in [3.63, 3.8) is 0 Å². The number of aryl methyl sites for hydroxylation is 1. The van der Waals surface area contributed by atoms with Gasteiger partial charge < -0.3 is 5.73 Å². The van der Waals surface area contributed by atoms with Gasteiger partial charge in [-0.15, -0.1) is 0 Å². The van der Waals surface area contributed by atoms with E-state index >= 15 is 0 Å². The van der Waals surface area contributed by atoms with Gasteiger partial charge in [0, 0.05) is 24.0 Å². The van der Waals surface area contributed by atoms with Gasteiger partial charge in [0.1, 0.15) is 0 Å². The smallest absolute Gasteiger partial charge is 0.251 e. The second-order valence-corrected chi connectivity index (χ2v) is 5.11. The van der Waals surface area contributed by atoms with Gasteiger partial charge in [-0.2, -0.15) is 10.4 Å². The molecule has 2 N–H and O–H groups in total. The molecule has 0 spiro atoms. The summed E-state index contributed by atoms with van der Waals surface area (Å²) in [5.74, 6) is -0.112. The molecule has 2 aromatic heterocycles. The lowest BCUT2D eigenvalue weighted by atomic mass is 10.0. The Hall–Kier alpha value is -3.46. The number of benzene rings is 1. The fourth-order valence-corrected chi connectivity index (χ4v) is 2.28. The van der Waals surface area contributed by atoms with Crippen molar-refractivity contribution >= 4 is 5.91 Å². The molecular weight excluding hydrogens is 290 g/mol. The topological polar surface area (TPSA) is 97.6 Å². The largest absolute Gasteiger partial charge is 0.366 e. The third-order valence-electron chi connectivity index (χ3n) is 3.44. The van der Waals surface area contributed by atoms with Crippen LogP contribution in [0.4, 0.5) is 0 Å². The third-order valence-corrected chi connectivity index (χ3v) is 3.44. The zero-order chi connectivity index (χ0) is 16.4. The lowest BCUT2D eigenvalue weighted by molar-refractivity contribution is 0.100.